The Balaban J connectivity index is 1.98. The van der Waals surface area contributed by atoms with Crippen molar-refractivity contribution in [2.45, 2.75) is 4.90 Å². The molecule has 0 fully saturated rings. The lowest BCUT2D eigenvalue weighted by molar-refractivity contribution is 0.171. The first-order valence-corrected chi connectivity index (χ1v) is 8.99. The lowest BCUT2D eigenvalue weighted by atomic mass is 10.2. The predicted octanol–water partition coefficient (Wildman–Crippen LogP) is 3.67. The van der Waals surface area contributed by atoms with E-state index in [1.54, 1.807) is 24.3 Å². The summed E-state index contributed by atoms with van der Waals surface area (Å²) in [6, 6.07) is 9.48. The van der Waals surface area contributed by atoms with Crippen LogP contribution in [0.15, 0.2) is 45.8 Å². The van der Waals surface area contributed by atoms with Gasteiger partial charge in [-0.3, -0.25) is 4.72 Å². The summed E-state index contributed by atoms with van der Waals surface area (Å²) in [5.41, 5.74) is 0.351. The highest BCUT2D eigenvalue weighted by Gasteiger charge is 2.21. The third-order valence-corrected chi connectivity index (χ3v) is 5.52. The van der Waals surface area contributed by atoms with Crippen LogP contribution in [0.25, 0.3) is 0 Å². The zero-order valence-electron chi connectivity index (χ0n) is 11.2. The first kappa shape index (κ1) is 15.5. The van der Waals surface area contributed by atoms with Gasteiger partial charge in [0.1, 0.15) is 18.1 Å². The van der Waals surface area contributed by atoms with Crippen LogP contribution >= 0.6 is 27.5 Å². The van der Waals surface area contributed by atoms with E-state index in [1.807, 2.05) is 0 Å². The third-order valence-electron chi connectivity index (χ3n) is 3.00. The van der Waals surface area contributed by atoms with Crippen molar-refractivity contribution in [1.82, 2.24) is 0 Å². The normalized spacial score (nSPS) is 13.7. The molecule has 0 bridgehead atoms. The summed E-state index contributed by atoms with van der Waals surface area (Å²) >= 11 is 9.28. The van der Waals surface area contributed by atoms with Gasteiger partial charge in [0.25, 0.3) is 10.0 Å². The van der Waals surface area contributed by atoms with Crippen LogP contribution in [-0.4, -0.2) is 21.6 Å². The van der Waals surface area contributed by atoms with Gasteiger partial charge in [-0.2, -0.15) is 0 Å². The van der Waals surface area contributed by atoms with Gasteiger partial charge in [0.15, 0.2) is 11.5 Å². The van der Waals surface area contributed by atoms with E-state index in [2.05, 4.69) is 20.7 Å². The summed E-state index contributed by atoms with van der Waals surface area (Å²) in [4.78, 5) is 0.0125. The van der Waals surface area contributed by atoms with Crippen molar-refractivity contribution in [2.24, 2.45) is 0 Å². The molecule has 22 heavy (non-hydrogen) atoms. The molecule has 1 N–H and O–H groups in total. The summed E-state index contributed by atoms with van der Waals surface area (Å²) < 4.78 is 38.9. The fourth-order valence-electron chi connectivity index (χ4n) is 2.00. The second-order valence-electron chi connectivity index (χ2n) is 4.51. The van der Waals surface area contributed by atoms with E-state index in [9.17, 15) is 8.42 Å². The van der Waals surface area contributed by atoms with E-state index in [1.165, 1.54) is 12.1 Å². The molecule has 2 aromatic carbocycles. The second kappa shape index (κ2) is 5.98. The van der Waals surface area contributed by atoms with E-state index in [4.69, 9.17) is 21.1 Å². The van der Waals surface area contributed by atoms with Crippen molar-refractivity contribution in [1.29, 1.82) is 0 Å². The first-order valence-electron chi connectivity index (χ1n) is 6.34. The zero-order valence-corrected chi connectivity index (χ0v) is 14.3. The average molecular weight is 405 g/mol. The topological polar surface area (TPSA) is 64.6 Å². The molecule has 2 aromatic rings. The SMILES string of the molecule is O=S(=O)(Nc1cc2c(cc1Br)OCCO2)c1ccccc1Cl. The van der Waals surface area contributed by atoms with E-state index < -0.39 is 10.0 Å². The largest absolute Gasteiger partial charge is 0.486 e. The van der Waals surface area contributed by atoms with Crippen LogP contribution < -0.4 is 14.2 Å². The molecular weight excluding hydrogens is 394 g/mol. The van der Waals surface area contributed by atoms with Crippen molar-refractivity contribution in [3.8, 4) is 11.5 Å². The predicted molar refractivity (Wildman–Crippen MR) is 87.4 cm³/mol. The molecule has 0 radical (unpaired) electrons. The Labute approximate surface area is 141 Å². The molecule has 1 aliphatic rings. The number of nitrogens with one attached hydrogen (secondary N) is 1. The molecule has 116 valence electrons. The summed E-state index contributed by atoms with van der Waals surface area (Å²) in [6.07, 6.45) is 0. The molecule has 0 aromatic heterocycles. The molecule has 0 unspecified atom stereocenters. The molecule has 0 atom stereocenters. The van der Waals surface area contributed by atoms with Crippen molar-refractivity contribution >= 4 is 43.2 Å². The van der Waals surface area contributed by atoms with Gasteiger partial charge in [0, 0.05) is 16.6 Å². The minimum absolute atomic E-state index is 0.0125. The van der Waals surface area contributed by atoms with Gasteiger partial charge in [0.05, 0.1) is 10.7 Å². The average Bonchev–Trinajstić information content (AvgIpc) is 2.48. The third kappa shape index (κ3) is 3.02. The summed E-state index contributed by atoms with van der Waals surface area (Å²) in [5.74, 6) is 1.06. The maximum Gasteiger partial charge on any atom is 0.263 e. The minimum Gasteiger partial charge on any atom is -0.486 e. The van der Waals surface area contributed by atoms with Crippen LogP contribution in [0, 0.1) is 0 Å². The van der Waals surface area contributed by atoms with Crippen LogP contribution in [0.3, 0.4) is 0 Å². The lowest BCUT2D eigenvalue weighted by Gasteiger charge is -2.20. The molecule has 5 nitrogen and oxygen atoms in total. The van der Waals surface area contributed by atoms with Gasteiger partial charge in [0.2, 0.25) is 0 Å². The maximum atomic E-state index is 12.5. The van der Waals surface area contributed by atoms with Gasteiger partial charge in [-0.15, -0.1) is 0 Å². The number of fused-ring (bicyclic) bond motifs is 1. The fourth-order valence-corrected chi connectivity index (χ4v) is 4.15. The molecule has 0 saturated heterocycles. The van der Waals surface area contributed by atoms with E-state index >= 15 is 0 Å². The maximum absolute atomic E-state index is 12.5. The fraction of sp³-hybridized carbons (Fsp3) is 0.143. The molecule has 0 saturated carbocycles. The molecular formula is C14H11BrClNO4S. The Morgan fingerprint density at radius 2 is 1.73 bits per heavy atom. The van der Waals surface area contributed by atoms with Crippen molar-refractivity contribution in [3.63, 3.8) is 0 Å². The smallest absolute Gasteiger partial charge is 0.263 e. The van der Waals surface area contributed by atoms with E-state index in [0.29, 0.717) is 34.9 Å². The zero-order chi connectivity index (χ0) is 15.7. The molecule has 0 aliphatic carbocycles. The Kier molecular flexibility index (Phi) is 4.20. The number of rotatable bonds is 3. The van der Waals surface area contributed by atoms with Crippen LogP contribution in [0.2, 0.25) is 5.02 Å². The summed E-state index contributed by atoms with van der Waals surface area (Å²) in [5, 5.41) is 0.156. The minimum atomic E-state index is -3.80. The summed E-state index contributed by atoms with van der Waals surface area (Å²) in [7, 11) is -3.80. The Hall–Kier alpha value is -1.44. The van der Waals surface area contributed by atoms with Crippen molar-refractivity contribution < 1.29 is 17.9 Å². The standard InChI is InChI=1S/C14H11BrClNO4S/c15-9-7-12-13(21-6-5-20-12)8-11(9)17-22(18,19)14-4-2-1-3-10(14)16/h1-4,7-8,17H,5-6H2. The number of ether oxygens (including phenoxy) is 2. The molecule has 0 spiro atoms. The van der Waals surface area contributed by atoms with E-state index in [-0.39, 0.29) is 9.92 Å². The second-order valence-corrected chi connectivity index (χ2v) is 7.42. The number of halogens is 2. The van der Waals surface area contributed by atoms with Crippen LogP contribution in [0.4, 0.5) is 5.69 Å². The van der Waals surface area contributed by atoms with E-state index in [0.717, 1.165) is 0 Å². The van der Waals surface area contributed by atoms with Crippen LogP contribution in [-0.2, 0) is 10.0 Å². The van der Waals surface area contributed by atoms with Gasteiger partial charge < -0.3 is 9.47 Å². The molecule has 1 aliphatic heterocycles. The first-order chi connectivity index (χ1) is 10.5. The van der Waals surface area contributed by atoms with Gasteiger partial charge in [-0.1, -0.05) is 23.7 Å². The molecule has 3 rings (SSSR count). The van der Waals surface area contributed by atoms with Crippen molar-refractivity contribution in [2.75, 3.05) is 17.9 Å². The monoisotopic (exact) mass is 403 g/mol. The molecule has 0 amide bonds. The van der Waals surface area contributed by atoms with Gasteiger partial charge in [-0.05, 0) is 28.1 Å². The highest BCUT2D eigenvalue weighted by molar-refractivity contribution is 9.10. The number of benzene rings is 2. The van der Waals surface area contributed by atoms with Crippen LogP contribution in [0.1, 0.15) is 0 Å². The molecule has 1 heterocycles. The Bertz CT molecular complexity index is 826. The van der Waals surface area contributed by atoms with Gasteiger partial charge >= 0.3 is 0 Å². The van der Waals surface area contributed by atoms with Crippen molar-refractivity contribution in [3.05, 3.63) is 45.9 Å². The number of hydrogen-bond donors (Lipinski definition) is 1. The lowest BCUT2D eigenvalue weighted by Crippen LogP contribution is -2.17. The number of sulfonamides is 1. The Morgan fingerprint density at radius 3 is 2.41 bits per heavy atom. The summed E-state index contributed by atoms with van der Waals surface area (Å²) in [6.45, 7) is 0.884. The van der Waals surface area contributed by atoms with Gasteiger partial charge in [-0.25, -0.2) is 8.42 Å². The number of anilines is 1. The quantitative estimate of drug-likeness (QED) is 0.847. The number of hydrogen-bond acceptors (Lipinski definition) is 4. The van der Waals surface area contributed by atoms with Crippen LogP contribution in [0.5, 0.6) is 11.5 Å². The highest BCUT2D eigenvalue weighted by atomic mass is 79.9. The Morgan fingerprint density at radius 1 is 1.09 bits per heavy atom. The highest BCUT2D eigenvalue weighted by Crippen LogP contribution is 2.39. The molecule has 8 heteroatoms.